The molecule has 11 nitrogen and oxygen atoms in total. The number of carbonyl (C=O) groups excluding carboxylic acids is 1. The number of benzene rings is 1. The molecule has 174 valence electrons. The first-order valence-electron chi connectivity index (χ1n) is 10.3. The van der Waals surface area contributed by atoms with Gasteiger partial charge in [-0.05, 0) is 24.3 Å². The number of para-hydroxylation sites is 1. The van der Waals surface area contributed by atoms with Crippen molar-refractivity contribution in [1.82, 2.24) is 30.5 Å². The van der Waals surface area contributed by atoms with Crippen LogP contribution in [0.5, 0.6) is 5.75 Å². The first-order chi connectivity index (χ1) is 16.6. The predicted octanol–water partition coefficient (Wildman–Crippen LogP) is 2.19. The number of nitrogens with one attached hydrogen (secondary N) is 3. The van der Waals surface area contributed by atoms with E-state index in [4.69, 9.17) is 4.74 Å². The number of nitrogens with zero attached hydrogens (tertiary/aromatic N) is 6. The van der Waals surface area contributed by atoms with Crippen LogP contribution in [0.3, 0.4) is 0 Å². The Balaban J connectivity index is 0.00000228. The van der Waals surface area contributed by atoms with Crippen LogP contribution in [-0.4, -0.2) is 38.2 Å². The number of rotatable bonds is 8. The largest absolute Gasteiger partial charge is 0.496 e. The number of pyridine rings is 1. The van der Waals surface area contributed by atoms with Crippen molar-refractivity contribution in [3.8, 4) is 23.3 Å². The zero-order chi connectivity index (χ0) is 23.9. The molecule has 4 aromatic rings. The van der Waals surface area contributed by atoms with Crippen LogP contribution in [-0.2, 0) is 13.6 Å². The highest BCUT2D eigenvalue weighted by Gasteiger charge is 2.21. The van der Waals surface area contributed by atoms with Crippen LogP contribution in [0.1, 0.15) is 30.6 Å². The molecule has 0 saturated heterocycles. The third-order valence-corrected chi connectivity index (χ3v) is 5.14. The molecule has 0 aliphatic heterocycles. The first-order valence-corrected chi connectivity index (χ1v) is 10.3. The number of aromatic amines is 1. The van der Waals surface area contributed by atoms with Crippen LogP contribution in [0.15, 0.2) is 61.2 Å². The van der Waals surface area contributed by atoms with E-state index in [0.29, 0.717) is 40.8 Å². The molecule has 0 saturated carbocycles. The Kier molecular flexibility index (Phi) is 6.69. The fourth-order valence-electron chi connectivity index (χ4n) is 3.35. The molecule has 0 radical (unpaired) electrons. The number of anilines is 1. The van der Waals surface area contributed by atoms with Crippen LogP contribution >= 0.6 is 0 Å². The molecule has 3 heterocycles. The van der Waals surface area contributed by atoms with Crippen molar-refractivity contribution in [2.75, 3.05) is 12.4 Å². The van der Waals surface area contributed by atoms with Crippen molar-refractivity contribution < 1.29 is 17.0 Å². The maximum atomic E-state index is 12.8. The van der Waals surface area contributed by atoms with E-state index in [1.165, 1.54) is 19.6 Å². The molecular weight excluding hydrogens is 434 g/mol. The highest BCUT2D eigenvalue weighted by molar-refractivity contribution is 5.95. The summed E-state index contributed by atoms with van der Waals surface area (Å²) in [5.74, 6) is 2.07. The average Bonchev–Trinajstić information content (AvgIpc) is 3.26. The van der Waals surface area contributed by atoms with Crippen molar-refractivity contribution in [1.29, 1.82) is 5.26 Å². The summed E-state index contributed by atoms with van der Waals surface area (Å²) in [6.07, 6.45) is 4.65. The molecule has 3 aromatic heterocycles. The van der Waals surface area contributed by atoms with Gasteiger partial charge < -0.3 is 15.4 Å². The normalized spacial score (nSPS) is 11.3. The number of hydrogen-bond acceptors (Lipinski definition) is 8. The summed E-state index contributed by atoms with van der Waals surface area (Å²) in [6, 6.07) is 13.3. The number of H-pyrrole nitrogens is 1. The van der Waals surface area contributed by atoms with Crippen molar-refractivity contribution in [2.45, 2.75) is 12.6 Å². The third kappa shape index (κ3) is 4.81. The lowest BCUT2D eigenvalue weighted by atomic mass is 10.1. The Morgan fingerprint density at radius 2 is 2.12 bits per heavy atom. The fraction of sp³-hybridized carbons (Fsp3) is 0.174. The van der Waals surface area contributed by atoms with E-state index >= 15 is 0 Å². The van der Waals surface area contributed by atoms with Crippen LogP contribution in [0.2, 0.25) is 0 Å². The lowest BCUT2D eigenvalue weighted by Crippen LogP contribution is -2.35. The van der Waals surface area contributed by atoms with Crippen LogP contribution in [0, 0.1) is 11.3 Å². The highest BCUT2D eigenvalue weighted by atomic mass is 16.5. The molecule has 11 heteroatoms. The Hall–Kier alpha value is -4.85. The van der Waals surface area contributed by atoms with Gasteiger partial charge in [0.25, 0.3) is 11.7 Å². The molecule has 0 aliphatic carbocycles. The first kappa shape index (κ1) is 22.3. The molecule has 0 fully saturated rings. The Morgan fingerprint density at radius 1 is 1.26 bits per heavy atom. The molecular formula is C23H26N9O2+. The second-order valence-electron chi connectivity index (χ2n) is 7.21. The van der Waals surface area contributed by atoms with Crippen molar-refractivity contribution in [3.05, 3.63) is 78.1 Å². The van der Waals surface area contributed by atoms with Gasteiger partial charge in [0.2, 0.25) is 0 Å². The number of aromatic nitrogens is 6. The summed E-state index contributed by atoms with van der Waals surface area (Å²) in [6.45, 7) is 0.384. The van der Waals surface area contributed by atoms with Gasteiger partial charge in [0.1, 0.15) is 36.2 Å². The van der Waals surface area contributed by atoms with Crippen LogP contribution in [0.4, 0.5) is 5.82 Å². The molecule has 34 heavy (non-hydrogen) atoms. The molecule has 3 N–H and O–H groups in total. The third-order valence-electron chi connectivity index (χ3n) is 5.14. The molecule has 4 rings (SSSR count). The second-order valence-corrected chi connectivity index (χ2v) is 7.21. The minimum atomic E-state index is -0.863. The SMILES string of the molecule is COc1ccccc1[C@@H](C#N)NC(=O)c1ccnc(NCc2[nH]nc(-c3ccncn3)[n+]2C)c1.[HH].[HH]. The number of ether oxygens (including phenoxy) is 1. The van der Waals surface area contributed by atoms with Gasteiger partial charge in [0.15, 0.2) is 0 Å². The fourth-order valence-corrected chi connectivity index (χ4v) is 3.35. The van der Waals surface area contributed by atoms with E-state index in [1.54, 1.807) is 48.7 Å². The van der Waals surface area contributed by atoms with Gasteiger partial charge in [-0.25, -0.2) is 19.5 Å². The molecule has 0 spiro atoms. The van der Waals surface area contributed by atoms with Crippen LogP contribution < -0.4 is 19.9 Å². The lowest BCUT2D eigenvalue weighted by Gasteiger charge is -2.15. The van der Waals surface area contributed by atoms with Gasteiger partial charge in [-0.15, -0.1) is 5.10 Å². The van der Waals surface area contributed by atoms with E-state index in [-0.39, 0.29) is 2.85 Å². The number of carbonyl (C=O) groups is 1. The monoisotopic (exact) mass is 460 g/mol. The summed E-state index contributed by atoms with van der Waals surface area (Å²) in [7, 11) is 3.39. The smallest absolute Gasteiger partial charge is 0.327 e. The van der Waals surface area contributed by atoms with Crippen molar-refractivity contribution in [3.63, 3.8) is 0 Å². The lowest BCUT2D eigenvalue weighted by molar-refractivity contribution is -0.668. The number of hydrogen-bond donors (Lipinski definition) is 3. The van der Waals surface area contributed by atoms with Gasteiger partial charge in [-0.2, -0.15) is 5.26 Å². The standard InChI is InChI=1S/C23H21N9O2.2H2/c1-32-21(30-31-22(32)17-8-9-25-14-28-17)13-27-20-11-15(7-10-26-20)23(33)29-18(12-24)16-5-3-4-6-19(16)34-2;;/h3-11,14,18H,13H2,1-2H3,(H2,26,27,29,33);2*1H/p+1/t18-;;/m1../s1. The zero-order valence-electron chi connectivity index (χ0n) is 18.6. The summed E-state index contributed by atoms with van der Waals surface area (Å²) in [5, 5.41) is 22.8. The Morgan fingerprint density at radius 3 is 2.88 bits per heavy atom. The molecule has 1 atom stereocenters. The van der Waals surface area contributed by atoms with Gasteiger partial charge in [0.05, 0.1) is 20.2 Å². The summed E-state index contributed by atoms with van der Waals surface area (Å²) in [4.78, 5) is 25.2. The maximum absolute atomic E-state index is 12.8. The number of amides is 1. The molecule has 1 amide bonds. The highest BCUT2D eigenvalue weighted by Crippen LogP contribution is 2.24. The Labute approximate surface area is 198 Å². The van der Waals surface area contributed by atoms with E-state index in [1.807, 2.05) is 11.6 Å². The second kappa shape index (κ2) is 10.2. The quantitative estimate of drug-likeness (QED) is 0.339. The van der Waals surface area contributed by atoms with E-state index in [9.17, 15) is 10.1 Å². The van der Waals surface area contributed by atoms with E-state index < -0.39 is 11.9 Å². The van der Waals surface area contributed by atoms with Gasteiger partial charge in [-0.1, -0.05) is 18.2 Å². The molecule has 0 aliphatic rings. The van der Waals surface area contributed by atoms with Gasteiger partial charge in [-0.3, -0.25) is 4.79 Å². The van der Waals surface area contributed by atoms with Crippen LogP contribution in [0.25, 0.3) is 11.5 Å². The van der Waals surface area contributed by atoms with E-state index in [2.05, 4.69) is 41.9 Å². The average molecular weight is 461 g/mol. The van der Waals surface area contributed by atoms with Gasteiger partial charge >= 0.3 is 5.82 Å². The van der Waals surface area contributed by atoms with E-state index in [0.717, 1.165) is 5.82 Å². The van der Waals surface area contributed by atoms with Crippen molar-refractivity contribution in [2.24, 2.45) is 7.05 Å². The Bertz CT molecular complexity index is 1340. The summed E-state index contributed by atoms with van der Waals surface area (Å²) < 4.78 is 7.18. The molecule has 1 aromatic carbocycles. The number of nitriles is 1. The van der Waals surface area contributed by atoms with Crippen molar-refractivity contribution >= 4 is 11.7 Å². The number of methoxy groups -OCH3 is 1. The van der Waals surface area contributed by atoms with Gasteiger partial charge in [0, 0.05) is 31.5 Å². The summed E-state index contributed by atoms with van der Waals surface area (Å²) >= 11 is 0. The summed E-state index contributed by atoms with van der Waals surface area (Å²) in [5.41, 5.74) is 1.64. The maximum Gasteiger partial charge on any atom is 0.327 e. The zero-order valence-corrected chi connectivity index (χ0v) is 18.6. The minimum absolute atomic E-state index is 0. The molecule has 0 unspecified atom stereocenters. The minimum Gasteiger partial charge on any atom is -0.496 e. The molecule has 0 bridgehead atoms. The predicted molar refractivity (Wildman–Crippen MR) is 125 cm³/mol. The topological polar surface area (TPSA) is 145 Å².